The predicted octanol–water partition coefficient (Wildman–Crippen LogP) is 4.68. The topological polar surface area (TPSA) is 20.2 Å². The quantitative estimate of drug-likeness (QED) is 0.682. The summed E-state index contributed by atoms with van der Waals surface area (Å²) in [5.74, 6) is 0. The van der Waals surface area contributed by atoms with Crippen molar-refractivity contribution in [1.29, 1.82) is 0 Å². The fourth-order valence-corrected chi connectivity index (χ4v) is 4.01. The van der Waals surface area contributed by atoms with Gasteiger partial charge in [-0.25, -0.2) is 0 Å². The van der Waals surface area contributed by atoms with Crippen molar-refractivity contribution >= 4 is 15.9 Å². The molecule has 0 radical (unpaired) electrons. The summed E-state index contributed by atoms with van der Waals surface area (Å²) in [6, 6.07) is 14.8. The number of allylic oxidation sites excluding steroid dienone is 2. The number of rotatable bonds is 1. The fourth-order valence-electron chi connectivity index (χ4n) is 3.43. The van der Waals surface area contributed by atoms with E-state index in [1.807, 2.05) is 24.3 Å². The lowest BCUT2D eigenvalue weighted by Gasteiger charge is -2.29. The number of halogens is 1. The summed E-state index contributed by atoms with van der Waals surface area (Å²) in [5.41, 5.74) is 5.27. The van der Waals surface area contributed by atoms with E-state index in [0.29, 0.717) is 6.42 Å². The number of fused-ring (bicyclic) bond motifs is 3. The maximum Gasteiger partial charge on any atom is 0.113 e. The lowest BCUT2D eigenvalue weighted by atomic mass is 9.83. The minimum absolute atomic E-state index is 0.594. The van der Waals surface area contributed by atoms with E-state index in [0.717, 1.165) is 16.5 Å². The van der Waals surface area contributed by atoms with Gasteiger partial charge in [0.05, 0.1) is 0 Å². The summed E-state index contributed by atoms with van der Waals surface area (Å²) >= 11 is 3.52. The Morgan fingerprint density at radius 1 is 1.00 bits per heavy atom. The molecule has 1 unspecified atom stereocenters. The first-order chi connectivity index (χ1) is 10.2. The summed E-state index contributed by atoms with van der Waals surface area (Å²) in [4.78, 5) is 0. The highest BCUT2D eigenvalue weighted by molar-refractivity contribution is 9.11. The van der Waals surface area contributed by atoms with Crippen LogP contribution in [-0.2, 0) is 12.0 Å². The van der Waals surface area contributed by atoms with Crippen LogP contribution in [0.25, 0.3) is 11.1 Å². The summed E-state index contributed by atoms with van der Waals surface area (Å²) < 4.78 is 1.03. The third-order valence-corrected chi connectivity index (χ3v) is 4.95. The summed E-state index contributed by atoms with van der Waals surface area (Å²) in [7, 11) is 0. The smallest absolute Gasteiger partial charge is 0.113 e. The highest BCUT2D eigenvalue weighted by atomic mass is 79.9. The third-order valence-electron chi connectivity index (χ3n) is 4.40. The van der Waals surface area contributed by atoms with E-state index < -0.39 is 5.60 Å². The van der Waals surface area contributed by atoms with Crippen molar-refractivity contribution in [2.45, 2.75) is 18.4 Å². The molecule has 1 N–H and O–H groups in total. The van der Waals surface area contributed by atoms with Crippen molar-refractivity contribution in [1.82, 2.24) is 0 Å². The Morgan fingerprint density at radius 3 is 2.67 bits per heavy atom. The minimum Gasteiger partial charge on any atom is -0.381 e. The Morgan fingerprint density at radius 2 is 1.81 bits per heavy atom. The van der Waals surface area contributed by atoms with E-state index in [1.54, 1.807) is 0 Å². The van der Waals surface area contributed by atoms with E-state index in [1.165, 1.54) is 22.3 Å². The van der Waals surface area contributed by atoms with Gasteiger partial charge < -0.3 is 5.11 Å². The van der Waals surface area contributed by atoms with E-state index >= 15 is 0 Å². The van der Waals surface area contributed by atoms with Gasteiger partial charge in [-0.2, -0.15) is 0 Å². The van der Waals surface area contributed by atoms with Crippen molar-refractivity contribution in [3.63, 3.8) is 0 Å². The van der Waals surface area contributed by atoms with Crippen LogP contribution in [-0.4, -0.2) is 5.11 Å². The predicted molar refractivity (Wildman–Crippen MR) is 89.3 cm³/mol. The first-order valence-corrected chi connectivity index (χ1v) is 7.94. The molecule has 1 atom stereocenters. The van der Waals surface area contributed by atoms with Crippen molar-refractivity contribution in [2.24, 2.45) is 0 Å². The molecule has 4 rings (SSSR count). The lowest BCUT2D eigenvalue weighted by molar-refractivity contribution is 0.0901. The number of benzene rings is 2. The van der Waals surface area contributed by atoms with Gasteiger partial charge in [-0.3, -0.25) is 0 Å². The van der Waals surface area contributed by atoms with Crippen LogP contribution in [0.4, 0.5) is 0 Å². The molecular weight excluding hydrogens is 324 g/mol. The van der Waals surface area contributed by atoms with Crippen LogP contribution in [0.3, 0.4) is 0 Å². The molecule has 0 saturated carbocycles. The highest BCUT2D eigenvalue weighted by Crippen LogP contribution is 2.44. The zero-order chi connectivity index (χ0) is 14.4. The van der Waals surface area contributed by atoms with Crippen molar-refractivity contribution in [3.05, 3.63) is 81.9 Å². The van der Waals surface area contributed by atoms with E-state index in [4.69, 9.17) is 0 Å². The van der Waals surface area contributed by atoms with Gasteiger partial charge in [0.25, 0.3) is 0 Å². The van der Waals surface area contributed by atoms with Crippen LogP contribution in [0, 0.1) is 0 Å². The van der Waals surface area contributed by atoms with Crippen LogP contribution in [0.15, 0.2) is 65.2 Å². The van der Waals surface area contributed by atoms with E-state index in [9.17, 15) is 5.11 Å². The van der Waals surface area contributed by atoms with Crippen LogP contribution in [0.5, 0.6) is 0 Å². The molecule has 2 aliphatic rings. The second kappa shape index (κ2) is 4.69. The molecule has 0 aliphatic heterocycles. The molecule has 0 saturated heterocycles. The van der Waals surface area contributed by atoms with Gasteiger partial charge >= 0.3 is 0 Å². The number of hydrogen-bond donors (Lipinski definition) is 1. The Hall–Kier alpha value is -1.64. The molecular formula is C19H15BrO. The van der Waals surface area contributed by atoms with Crippen LogP contribution in [0.2, 0.25) is 0 Å². The van der Waals surface area contributed by atoms with Gasteiger partial charge in [-0.1, -0.05) is 70.5 Å². The first kappa shape index (κ1) is 13.1. The Balaban J connectivity index is 1.88. The average Bonchev–Trinajstić information content (AvgIpc) is 2.85. The normalized spacial score (nSPS) is 22.7. The van der Waals surface area contributed by atoms with Crippen molar-refractivity contribution < 1.29 is 5.11 Å². The molecule has 1 nitrogen and oxygen atoms in total. The largest absolute Gasteiger partial charge is 0.381 e. The second-order valence-electron chi connectivity index (χ2n) is 5.74. The first-order valence-electron chi connectivity index (χ1n) is 7.14. The van der Waals surface area contributed by atoms with Gasteiger partial charge in [0.1, 0.15) is 5.60 Å². The summed E-state index contributed by atoms with van der Waals surface area (Å²) in [6.07, 6.45) is 7.31. The van der Waals surface area contributed by atoms with Crippen LogP contribution >= 0.6 is 15.9 Å². The zero-order valence-electron chi connectivity index (χ0n) is 11.5. The molecule has 0 amide bonds. The molecule has 104 valence electrons. The van der Waals surface area contributed by atoms with Crippen molar-refractivity contribution in [2.75, 3.05) is 0 Å². The maximum absolute atomic E-state index is 11.1. The van der Waals surface area contributed by atoms with Gasteiger partial charge in [0.2, 0.25) is 0 Å². The van der Waals surface area contributed by atoms with E-state index in [2.05, 4.69) is 52.3 Å². The maximum atomic E-state index is 11.1. The molecule has 0 fully saturated rings. The van der Waals surface area contributed by atoms with Crippen LogP contribution < -0.4 is 0 Å². The summed E-state index contributed by atoms with van der Waals surface area (Å²) in [5, 5.41) is 11.1. The number of aliphatic hydroxyl groups is 1. The monoisotopic (exact) mass is 338 g/mol. The molecule has 0 bridgehead atoms. The molecule has 0 spiro atoms. The molecule has 2 aromatic carbocycles. The standard InChI is InChI=1S/C19H15BrO/c20-14-6-4-10-19(21,12-14)18-9-3-8-16-15-7-2-1-5-13(15)11-17(16)18/h1-10,21H,11-12H2. The average molecular weight is 339 g/mol. The number of hydrogen-bond acceptors (Lipinski definition) is 1. The fraction of sp³-hybridized carbons (Fsp3) is 0.158. The lowest BCUT2D eigenvalue weighted by Crippen LogP contribution is -2.26. The zero-order valence-corrected chi connectivity index (χ0v) is 13.1. The van der Waals surface area contributed by atoms with Gasteiger partial charge in [0.15, 0.2) is 0 Å². The van der Waals surface area contributed by atoms with E-state index in [-0.39, 0.29) is 0 Å². The molecule has 2 aromatic rings. The molecule has 0 heterocycles. The molecule has 21 heavy (non-hydrogen) atoms. The Labute approximate surface area is 132 Å². The second-order valence-corrected chi connectivity index (χ2v) is 6.76. The minimum atomic E-state index is -0.916. The van der Waals surface area contributed by atoms with Crippen LogP contribution in [0.1, 0.15) is 23.1 Å². The highest BCUT2D eigenvalue weighted by Gasteiger charge is 2.33. The SMILES string of the molecule is OC1(c2cccc3c2Cc2ccccc2-3)C=CC=C(Br)C1. The third kappa shape index (κ3) is 2.02. The molecule has 2 heteroatoms. The Kier molecular flexibility index (Phi) is 2.91. The Bertz CT molecular complexity index is 788. The van der Waals surface area contributed by atoms with Gasteiger partial charge in [-0.15, -0.1) is 0 Å². The van der Waals surface area contributed by atoms with Gasteiger partial charge in [0, 0.05) is 6.42 Å². The summed E-state index contributed by atoms with van der Waals surface area (Å²) in [6.45, 7) is 0. The van der Waals surface area contributed by atoms with Crippen molar-refractivity contribution in [3.8, 4) is 11.1 Å². The molecule has 2 aliphatic carbocycles. The molecule has 0 aromatic heterocycles. The van der Waals surface area contributed by atoms with Gasteiger partial charge in [-0.05, 0) is 44.8 Å².